The van der Waals surface area contributed by atoms with Crippen LogP contribution in [0.2, 0.25) is 0 Å². The molecule has 6 rings (SSSR count). The van der Waals surface area contributed by atoms with Crippen LogP contribution in [0, 0.1) is 0 Å². The molecule has 0 saturated carbocycles. The SMILES string of the molecule is [Ir].c1ccc(-c2ccc3ccccc3n2)cc1.c1ccc(-c2ccc3ccccc3n2)cc1. The number of fused-ring (bicyclic) bond motifs is 2. The van der Waals surface area contributed by atoms with Crippen molar-refractivity contribution in [3.05, 3.63) is 133 Å². The number of benzene rings is 4. The summed E-state index contributed by atoms with van der Waals surface area (Å²) in [6.07, 6.45) is 0. The summed E-state index contributed by atoms with van der Waals surface area (Å²) >= 11 is 0. The summed E-state index contributed by atoms with van der Waals surface area (Å²) in [5.41, 5.74) is 6.47. The third kappa shape index (κ3) is 5.40. The van der Waals surface area contributed by atoms with Crippen LogP contribution in [0.3, 0.4) is 0 Å². The quantitative estimate of drug-likeness (QED) is 0.202. The van der Waals surface area contributed by atoms with Gasteiger partial charge in [0.05, 0.1) is 22.4 Å². The minimum Gasteiger partial charge on any atom is -0.248 e. The van der Waals surface area contributed by atoms with Gasteiger partial charge in [-0.3, -0.25) is 0 Å². The number of nitrogens with zero attached hydrogens (tertiary/aromatic N) is 2. The summed E-state index contributed by atoms with van der Waals surface area (Å²) in [4.78, 5) is 9.29. The monoisotopic (exact) mass is 603 g/mol. The van der Waals surface area contributed by atoms with Crippen molar-refractivity contribution >= 4 is 21.8 Å². The fourth-order valence-corrected chi connectivity index (χ4v) is 3.67. The normalized spacial score (nSPS) is 10.2. The molecule has 4 aromatic carbocycles. The first kappa shape index (κ1) is 22.5. The van der Waals surface area contributed by atoms with Gasteiger partial charge in [-0.05, 0) is 24.3 Å². The molecular weight excluding hydrogens is 581 g/mol. The Labute approximate surface area is 207 Å². The first-order valence-corrected chi connectivity index (χ1v) is 10.7. The molecule has 0 N–H and O–H groups in total. The van der Waals surface area contributed by atoms with Crippen LogP contribution >= 0.6 is 0 Å². The van der Waals surface area contributed by atoms with Gasteiger partial charge in [-0.1, -0.05) is 109 Å². The Bertz CT molecular complexity index is 1350. The van der Waals surface area contributed by atoms with Gasteiger partial charge in [-0.25, -0.2) is 9.97 Å². The molecule has 0 spiro atoms. The molecule has 0 bridgehead atoms. The number of rotatable bonds is 2. The van der Waals surface area contributed by atoms with Gasteiger partial charge in [0, 0.05) is 42.0 Å². The summed E-state index contributed by atoms with van der Waals surface area (Å²) in [5, 5.41) is 2.37. The van der Waals surface area contributed by atoms with Crippen LogP contribution in [-0.2, 0) is 20.1 Å². The van der Waals surface area contributed by atoms with E-state index in [2.05, 4.69) is 70.6 Å². The maximum atomic E-state index is 4.65. The Morgan fingerprint density at radius 1 is 0.333 bits per heavy atom. The van der Waals surface area contributed by atoms with Gasteiger partial charge in [0.1, 0.15) is 0 Å². The number of para-hydroxylation sites is 2. The molecule has 0 fully saturated rings. The fraction of sp³-hybridized carbons (Fsp3) is 0. The van der Waals surface area contributed by atoms with Crippen LogP contribution in [0.4, 0.5) is 0 Å². The summed E-state index contributed by atoms with van der Waals surface area (Å²) in [6, 6.07) is 45.2. The van der Waals surface area contributed by atoms with Gasteiger partial charge < -0.3 is 0 Å². The van der Waals surface area contributed by atoms with Crippen molar-refractivity contribution in [2.24, 2.45) is 0 Å². The minimum absolute atomic E-state index is 0. The van der Waals surface area contributed by atoms with Crippen LogP contribution in [0.15, 0.2) is 133 Å². The molecule has 6 aromatic rings. The molecule has 0 saturated heterocycles. The summed E-state index contributed by atoms with van der Waals surface area (Å²) in [7, 11) is 0. The van der Waals surface area contributed by atoms with Crippen molar-refractivity contribution in [3.63, 3.8) is 0 Å². The van der Waals surface area contributed by atoms with Gasteiger partial charge in [-0.15, -0.1) is 0 Å². The van der Waals surface area contributed by atoms with E-state index in [0.717, 1.165) is 33.5 Å². The molecule has 161 valence electrons. The second kappa shape index (κ2) is 10.8. The number of hydrogen-bond donors (Lipinski definition) is 0. The summed E-state index contributed by atoms with van der Waals surface area (Å²) < 4.78 is 0. The van der Waals surface area contributed by atoms with Gasteiger partial charge in [0.15, 0.2) is 0 Å². The van der Waals surface area contributed by atoms with Crippen LogP contribution in [0.1, 0.15) is 0 Å². The standard InChI is InChI=1S/2C15H11N.Ir/c2*1-2-6-12(7-3-1)15-11-10-13-8-4-5-9-14(13)16-15;/h2*1-11H;. The number of pyridine rings is 2. The van der Waals surface area contributed by atoms with E-state index in [1.165, 1.54) is 10.8 Å². The first-order chi connectivity index (χ1) is 15.9. The zero-order valence-electron chi connectivity index (χ0n) is 17.9. The number of aromatic nitrogens is 2. The molecule has 2 aromatic heterocycles. The summed E-state index contributed by atoms with van der Waals surface area (Å²) in [6.45, 7) is 0. The maximum Gasteiger partial charge on any atom is 0.0709 e. The molecule has 0 unspecified atom stereocenters. The largest absolute Gasteiger partial charge is 0.248 e. The van der Waals surface area contributed by atoms with Crippen molar-refractivity contribution in [1.82, 2.24) is 9.97 Å². The van der Waals surface area contributed by atoms with Gasteiger partial charge >= 0.3 is 0 Å². The van der Waals surface area contributed by atoms with Crippen LogP contribution in [0.5, 0.6) is 0 Å². The van der Waals surface area contributed by atoms with E-state index in [4.69, 9.17) is 0 Å². The minimum atomic E-state index is 0. The predicted octanol–water partition coefficient (Wildman–Crippen LogP) is 7.80. The second-order valence-electron chi connectivity index (χ2n) is 7.51. The molecule has 3 heteroatoms. The van der Waals surface area contributed by atoms with Crippen LogP contribution < -0.4 is 0 Å². The topological polar surface area (TPSA) is 25.8 Å². The van der Waals surface area contributed by atoms with E-state index < -0.39 is 0 Å². The van der Waals surface area contributed by atoms with E-state index >= 15 is 0 Å². The van der Waals surface area contributed by atoms with Gasteiger partial charge in [0.2, 0.25) is 0 Å². The van der Waals surface area contributed by atoms with E-state index in [-0.39, 0.29) is 20.1 Å². The first-order valence-electron chi connectivity index (χ1n) is 10.7. The molecule has 1 radical (unpaired) electrons. The van der Waals surface area contributed by atoms with Crippen molar-refractivity contribution in [2.75, 3.05) is 0 Å². The average molecular weight is 603 g/mol. The third-order valence-electron chi connectivity index (χ3n) is 5.34. The van der Waals surface area contributed by atoms with Crippen molar-refractivity contribution in [2.45, 2.75) is 0 Å². The molecule has 33 heavy (non-hydrogen) atoms. The Morgan fingerprint density at radius 3 is 1.12 bits per heavy atom. The van der Waals surface area contributed by atoms with E-state index in [9.17, 15) is 0 Å². The molecule has 0 aliphatic carbocycles. The maximum absolute atomic E-state index is 4.65. The third-order valence-corrected chi connectivity index (χ3v) is 5.34. The van der Waals surface area contributed by atoms with Crippen LogP contribution in [-0.4, -0.2) is 9.97 Å². The molecular formula is C30H22IrN2. The molecule has 0 amide bonds. The smallest absolute Gasteiger partial charge is 0.0709 e. The Hall–Kier alpha value is -3.65. The van der Waals surface area contributed by atoms with Crippen molar-refractivity contribution in [1.29, 1.82) is 0 Å². The molecule has 2 nitrogen and oxygen atoms in total. The number of hydrogen-bond acceptors (Lipinski definition) is 2. The van der Waals surface area contributed by atoms with Crippen molar-refractivity contribution < 1.29 is 20.1 Å². The average Bonchev–Trinajstić information content (AvgIpc) is 2.89. The Morgan fingerprint density at radius 2 is 0.697 bits per heavy atom. The predicted molar refractivity (Wildman–Crippen MR) is 134 cm³/mol. The Kier molecular flexibility index (Phi) is 7.36. The molecule has 2 heterocycles. The van der Waals surface area contributed by atoms with Gasteiger partial charge in [-0.2, -0.15) is 0 Å². The summed E-state index contributed by atoms with van der Waals surface area (Å²) in [5.74, 6) is 0. The Balaban J connectivity index is 0.000000152. The fourth-order valence-electron chi connectivity index (χ4n) is 3.67. The van der Waals surface area contributed by atoms with E-state index in [1.54, 1.807) is 0 Å². The van der Waals surface area contributed by atoms with Gasteiger partial charge in [0.25, 0.3) is 0 Å². The van der Waals surface area contributed by atoms with Crippen molar-refractivity contribution in [3.8, 4) is 22.5 Å². The second-order valence-corrected chi connectivity index (χ2v) is 7.51. The van der Waals surface area contributed by atoms with Crippen LogP contribution in [0.25, 0.3) is 44.3 Å². The molecule has 0 atom stereocenters. The zero-order valence-corrected chi connectivity index (χ0v) is 20.3. The molecule has 0 aliphatic heterocycles. The van der Waals surface area contributed by atoms with E-state index in [1.807, 2.05) is 72.8 Å². The molecule has 0 aliphatic rings. The zero-order chi connectivity index (χ0) is 21.6. The van der Waals surface area contributed by atoms with E-state index in [0.29, 0.717) is 0 Å².